The summed E-state index contributed by atoms with van der Waals surface area (Å²) in [5.41, 5.74) is 4.17. The molecule has 30 heavy (non-hydrogen) atoms. The van der Waals surface area contributed by atoms with Gasteiger partial charge in [-0.05, 0) is 41.3 Å². The second kappa shape index (κ2) is 5.76. The van der Waals surface area contributed by atoms with Gasteiger partial charge in [0.25, 0.3) is 0 Å². The Morgan fingerprint density at radius 1 is 0.800 bits per heavy atom. The minimum Gasteiger partial charge on any atom is -0.302 e. The summed E-state index contributed by atoms with van der Waals surface area (Å²) in [6.45, 7) is 1.96. The van der Waals surface area contributed by atoms with Crippen molar-refractivity contribution < 1.29 is 14.4 Å². The molecule has 2 bridgehead atoms. The minimum absolute atomic E-state index is 0.214. The predicted octanol–water partition coefficient (Wildman–Crippen LogP) is 3.74. The van der Waals surface area contributed by atoms with Gasteiger partial charge in [-0.25, -0.2) is 4.90 Å². The van der Waals surface area contributed by atoms with E-state index < -0.39 is 17.3 Å². The van der Waals surface area contributed by atoms with Crippen LogP contribution in [0.1, 0.15) is 33.7 Å². The summed E-state index contributed by atoms with van der Waals surface area (Å²) in [6, 6.07) is 23.0. The molecule has 4 nitrogen and oxygen atoms in total. The highest BCUT2D eigenvalue weighted by Crippen LogP contribution is 2.63. The van der Waals surface area contributed by atoms with Crippen LogP contribution >= 0.6 is 0 Å². The van der Waals surface area contributed by atoms with Crippen molar-refractivity contribution in [1.29, 1.82) is 0 Å². The molecule has 1 heterocycles. The maximum Gasteiger partial charge on any atom is 0.239 e. The van der Waals surface area contributed by atoms with Gasteiger partial charge in [-0.15, -0.1) is 0 Å². The fraction of sp³-hybridized carbons (Fsp3) is 0.192. The molecule has 0 spiro atoms. The number of hydrogen-bond donors (Lipinski definition) is 0. The van der Waals surface area contributed by atoms with Gasteiger partial charge in [0.05, 0.1) is 22.9 Å². The third-order valence-corrected chi connectivity index (χ3v) is 7.16. The van der Waals surface area contributed by atoms with E-state index >= 15 is 0 Å². The Labute approximate surface area is 174 Å². The van der Waals surface area contributed by atoms with Gasteiger partial charge in [-0.1, -0.05) is 66.2 Å². The maximum absolute atomic E-state index is 13.8. The zero-order valence-corrected chi connectivity index (χ0v) is 16.4. The van der Waals surface area contributed by atoms with Gasteiger partial charge in [0.15, 0.2) is 0 Å². The van der Waals surface area contributed by atoms with Gasteiger partial charge in [0.1, 0.15) is 6.29 Å². The standard InChI is InChI=1S/C26H19NO3/c1-15-10-12-16(13-11-15)27-24(29)22-21-17-6-2-4-8-19(17)26(14-28,23(22)25(27)30)20-9-5-3-7-18(20)21/h2-14,21-23H,1H3/t21?,22-,23?,26?/m0/s1. The van der Waals surface area contributed by atoms with Crippen molar-refractivity contribution in [2.24, 2.45) is 11.8 Å². The van der Waals surface area contributed by atoms with Gasteiger partial charge in [-0.3, -0.25) is 9.59 Å². The van der Waals surface area contributed by atoms with Crippen LogP contribution in [0.5, 0.6) is 0 Å². The number of hydrogen-bond acceptors (Lipinski definition) is 3. The summed E-state index contributed by atoms with van der Waals surface area (Å²) in [5.74, 6) is -2.02. The number of amides is 2. The number of carbonyl (C=O) groups excluding carboxylic acids is 3. The molecule has 4 aliphatic rings. The Morgan fingerprint density at radius 2 is 1.37 bits per heavy atom. The fourth-order valence-electron chi connectivity index (χ4n) is 5.98. The topological polar surface area (TPSA) is 54.5 Å². The van der Waals surface area contributed by atoms with E-state index in [-0.39, 0.29) is 17.7 Å². The summed E-state index contributed by atoms with van der Waals surface area (Å²) < 4.78 is 0. The lowest BCUT2D eigenvalue weighted by Crippen LogP contribution is -2.54. The first-order valence-corrected chi connectivity index (χ1v) is 10.2. The molecule has 1 aliphatic heterocycles. The third-order valence-electron chi connectivity index (χ3n) is 7.16. The Balaban J connectivity index is 1.64. The molecule has 1 unspecified atom stereocenters. The molecule has 0 aromatic heterocycles. The average Bonchev–Trinajstić information content (AvgIpc) is 3.05. The Hall–Kier alpha value is -3.53. The van der Waals surface area contributed by atoms with Crippen LogP contribution in [0.2, 0.25) is 0 Å². The largest absolute Gasteiger partial charge is 0.302 e. The fourth-order valence-corrected chi connectivity index (χ4v) is 5.98. The summed E-state index contributed by atoms with van der Waals surface area (Å²) in [6.07, 6.45) is 0.904. The highest BCUT2D eigenvalue weighted by Gasteiger charge is 2.68. The maximum atomic E-state index is 13.8. The minimum atomic E-state index is -1.14. The van der Waals surface area contributed by atoms with Crippen LogP contribution in [-0.2, 0) is 19.8 Å². The van der Waals surface area contributed by atoms with E-state index in [1.54, 1.807) is 12.1 Å². The van der Waals surface area contributed by atoms with Crippen molar-refractivity contribution in [2.45, 2.75) is 18.3 Å². The Bertz CT molecular complexity index is 1200. The zero-order valence-electron chi connectivity index (χ0n) is 16.4. The lowest BCUT2D eigenvalue weighted by molar-refractivity contribution is -0.128. The van der Waals surface area contributed by atoms with E-state index in [0.29, 0.717) is 5.69 Å². The summed E-state index contributed by atoms with van der Waals surface area (Å²) in [4.78, 5) is 41.6. The van der Waals surface area contributed by atoms with E-state index in [1.807, 2.05) is 67.6 Å². The monoisotopic (exact) mass is 393 g/mol. The summed E-state index contributed by atoms with van der Waals surface area (Å²) in [5, 5.41) is 0. The molecule has 7 rings (SSSR count). The van der Waals surface area contributed by atoms with Gasteiger partial charge in [0.2, 0.25) is 11.8 Å². The molecule has 146 valence electrons. The van der Waals surface area contributed by atoms with Crippen LogP contribution in [0.4, 0.5) is 5.69 Å². The number of anilines is 1. The molecule has 2 amide bonds. The van der Waals surface area contributed by atoms with Crippen LogP contribution < -0.4 is 4.90 Å². The van der Waals surface area contributed by atoms with Gasteiger partial charge >= 0.3 is 0 Å². The van der Waals surface area contributed by atoms with Crippen molar-refractivity contribution in [3.63, 3.8) is 0 Å². The third kappa shape index (κ3) is 1.85. The number of carbonyl (C=O) groups is 3. The van der Waals surface area contributed by atoms with Gasteiger partial charge < -0.3 is 4.79 Å². The van der Waals surface area contributed by atoms with Crippen LogP contribution in [0.15, 0.2) is 72.8 Å². The molecule has 0 saturated carbocycles. The van der Waals surface area contributed by atoms with Gasteiger partial charge in [0, 0.05) is 5.92 Å². The van der Waals surface area contributed by atoms with Crippen molar-refractivity contribution in [2.75, 3.05) is 4.90 Å². The molecule has 1 saturated heterocycles. The number of benzene rings is 3. The molecule has 0 N–H and O–H groups in total. The van der Waals surface area contributed by atoms with E-state index in [0.717, 1.165) is 34.1 Å². The van der Waals surface area contributed by atoms with E-state index in [1.165, 1.54) is 4.90 Å². The van der Waals surface area contributed by atoms with Crippen LogP contribution in [0.3, 0.4) is 0 Å². The predicted molar refractivity (Wildman–Crippen MR) is 112 cm³/mol. The van der Waals surface area contributed by atoms with E-state index in [4.69, 9.17) is 0 Å². The summed E-state index contributed by atoms with van der Waals surface area (Å²) >= 11 is 0. The van der Waals surface area contributed by atoms with E-state index in [9.17, 15) is 14.4 Å². The highest BCUT2D eigenvalue weighted by atomic mass is 16.2. The number of aldehydes is 1. The molecule has 0 radical (unpaired) electrons. The number of imide groups is 1. The molecule has 2 atom stereocenters. The second-order valence-corrected chi connectivity index (χ2v) is 8.49. The van der Waals surface area contributed by atoms with Crippen molar-refractivity contribution >= 4 is 23.8 Å². The number of nitrogens with zero attached hydrogens (tertiary/aromatic N) is 1. The SMILES string of the molecule is Cc1ccc(N2C(=O)C3[C@@H](C2=O)C2c4ccccc4C3(C=O)c3ccccc32)cc1. The molecular formula is C26H19NO3. The first kappa shape index (κ1) is 17.3. The highest BCUT2D eigenvalue weighted by molar-refractivity contribution is 6.24. The molecule has 1 fully saturated rings. The molecular weight excluding hydrogens is 374 g/mol. The van der Waals surface area contributed by atoms with Crippen molar-refractivity contribution in [3.8, 4) is 0 Å². The van der Waals surface area contributed by atoms with Crippen molar-refractivity contribution in [3.05, 3.63) is 101 Å². The zero-order chi connectivity index (χ0) is 20.6. The van der Waals surface area contributed by atoms with Crippen molar-refractivity contribution in [1.82, 2.24) is 0 Å². The van der Waals surface area contributed by atoms with Crippen LogP contribution in [0.25, 0.3) is 0 Å². The smallest absolute Gasteiger partial charge is 0.239 e. The average molecular weight is 393 g/mol. The van der Waals surface area contributed by atoms with Gasteiger partial charge in [-0.2, -0.15) is 0 Å². The molecule has 3 aromatic rings. The lowest BCUT2D eigenvalue weighted by Gasteiger charge is -2.51. The number of aryl methyl sites for hydroxylation is 1. The second-order valence-electron chi connectivity index (χ2n) is 8.49. The first-order chi connectivity index (χ1) is 14.6. The quantitative estimate of drug-likeness (QED) is 0.492. The Kier molecular flexibility index (Phi) is 3.33. The number of rotatable bonds is 2. The Morgan fingerprint density at radius 3 is 1.93 bits per heavy atom. The van der Waals surface area contributed by atoms with E-state index in [2.05, 4.69) is 0 Å². The van der Waals surface area contributed by atoms with Crippen LogP contribution in [-0.4, -0.2) is 18.1 Å². The molecule has 3 aliphatic carbocycles. The van der Waals surface area contributed by atoms with Crippen LogP contribution in [0, 0.1) is 18.8 Å². The molecule has 4 heteroatoms. The first-order valence-electron chi connectivity index (χ1n) is 10.2. The lowest BCUT2D eigenvalue weighted by atomic mass is 9.48. The summed E-state index contributed by atoms with van der Waals surface area (Å²) in [7, 11) is 0. The normalized spacial score (nSPS) is 28.2. The molecule has 3 aromatic carbocycles.